The van der Waals surface area contributed by atoms with E-state index in [1.165, 1.54) is 12.1 Å². The van der Waals surface area contributed by atoms with Crippen LogP contribution in [0.5, 0.6) is 0 Å². The molecule has 0 saturated heterocycles. The average Bonchev–Trinajstić information content (AvgIpc) is 2.30. The van der Waals surface area contributed by atoms with E-state index in [0.29, 0.717) is 19.6 Å². The third-order valence-corrected chi connectivity index (χ3v) is 2.49. The summed E-state index contributed by atoms with van der Waals surface area (Å²) in [7, 11) is 0. The third-order valence-electron chi connectivity index (χ3n) is 2.49. The van der Waals surface area contributed by atoms with E-state index in [0.717, 1.165) is 5.56 Å². The standard InChI is InChI=1S/C13H19FN2O/c1-10(2)13(17)16(8-7-15)9-11-3-5-12(14)6-4-11/h3-6,10H,7-9,15H2,1-2H3. The Hall–Kier alpha value is -1.42. The van der Waals surface area contributed by atoms with Crippen molar-refractivity contribution in [2.75, 3.05) is 13.1 Å². The first-order chi connectivity index (χ1) is 8.04. The van der Waals surface area contributed by atoms with Gasteiger partial charge in [0, 0.05) is 25.6 Å². The first-order valence-electron chi connectivity index (χ1n) is 5.78. The Morgan fingerprint density at radius 2 is 1.94 bits per heavy atom. The number of hydrogen-bond acceptors (Lipinski definition) is 2. The summed E-state index contributed by atoms with van der Waals surface area (Å²) in [5.74, 6) is -0.254. The maximum Gasteiger partial charge on any atom is 0.225 e. The fourth-order valence-electron chi connectivity index (χ4n) is 1.60. The Bertz CT molecular complexity index is 362. The second-order valence-corrected chi connectivity index (χ2v) is 4.33. The van der Waals surface area contributed by atoms with Crippen LogP contribution in [0.4, 0.5) is 4.39 Å². The van der Waals surface area contributed by atoms with Crippen LogP contribution in [-0.4, -0.2) is 23.9 Å². The highest BCUT2D eigenvalue weighted by molar-refractivity contribution is 5.78. The molecule has 0 radical (unpaired) electrons. The van der Waals surface area contributed by atoms with Gasteiger partial charge in [0.1, 0.15) is 5.82 Å². The zero-order valence-corrected chi connectivity index (χ0v) is 10.3. The van der Waals surface area contributed by atoms with Crippen molar-refractivity contribution in [2.45, 2.75) is 20.4 Å². The molecule has 1 aromatic rings. The van der Waals surface area contributed by atoms with Crippen LogP contribution < -0.4 is 5.73 Å². The van der Waals surface area contributed by atoms with E-state index in [2.05, 4.69) is 0 Å². The number of carbonyl (C=O) groups excluding carboxylic acids is 1. The van der Waals surface area contributed by atoms with Gasteiger partial charge in [-0.1, -0.05) is 26.0 Å². The van der Waals surface area contributed by atoms with Crippen LogP contribution in [0.3, 0.4) is 0 Å². The summed E-state index contributed by atoms with van der Waals surface area (Å²) in [6.45, 7) is 5.15. The van der Waals surface area contributed by atoms with Gasteiger partial charge in [0.2, 0.25) is 5.91 Å². The number of benzene rings is 1. The van der Waals surface area contributed by atoms with Crippen LogP contribution in [-0.2, 0) is 11.3 Å². The molecule has 1 amide bonds. The molecule has 2 N–H and O–H groups in total. The highest BCUT2D eigenvalue weighted by atomic mass is 19.1. The van der Waals surface area contributed by atoms with E-state index in [4.69, 9.17) is 5.73 Å². The van der Waals surface area contributed by atoms with Crippen molar-refractivity contribution in [3.05, 3.63) is 35.6 Å². The molecular weight excluding hydrogens is 219 g/mol. The van der Waals surface area contributed by atoms with Crippen molar-refractivity contribution in [1.82, 2.24) is 4.90 Å². The van der Waals surface area contributed by atoms with Gasteiger partial charge in [0.05, 0.1) is 0 Å². The Labute approximate surface area is 101 Å². The molecule has 1 rings (SSSR count). The molecule has 0 unspecified atom stereocenters. The maximum absolute atomic E-state index is 12.8. The average molecular weight is 238 g/mol. The molecule has 0 aliphatic carbocycles. The van der Waals surface area contributed by atoms with Crippen LogP contribution in [0.25, 0.3) is 0 Å². The summed E-state index contributed by atoms with van der Waals surface area (Å²) in [6, 6.07) is 6.17. The summed E-state index contributed by atoms with van der Waals surface area (Å²) in [4.78, 5) is 13.6. The van der Waals surface area contributed by atoms with E-state index in [9.17, 15) is 9.18 Å². The zero-order valence-electron chi connectivity index (χ0n) is 10.3. The van der Waals surface area contributed by atoms with Crippen molar-refractivity contribution in [3.8, 4) is 0 Å². The lowest BCUT2D eigenvalue weighted by molar-refractivity contribution is -0.134. The fourth-order valence-corrected chi connectivity index (χ4v) is 1.60. The van der Waals surface area contributed by atoms with E-state index in [-0.39, 0.29) is 17.6 Å². The van der Waals surface area contributed by atoms with Crippen LogP contribution in [0.2, 0.25) is 0 Å². The molecule has 0 aromatic heterocycles. The van der Waals surface area contributed by atoms with Gasteiger partial charge in [-0.15, -0.1) is 0 Å². The summed E-state index contributed by atoms with van der Waals surface area (Å²) in [5.41, 5.74) is 6.40. The number of amides is 1. The molecule has 0 aliphatic rings. The number of nitrogens with zero attached hydrogens (tertiary/aromatic N) is 1. The monoisotopic (exact) mass is 238 g/mol. The highest BCUT2D eigenvalue weighted by Crippen LogP contribution is 2.09. The van der Waals surface area contributed by atoms with Gasteiger partial charge in [-0.05, 0) is 17.7 Å². The molecular formula is C13H19FN2O. The van der Waals surface area contributed by atoms with Gasteiger partial charge >= 0.3 is 0 Å². The third kappa shape index (κ3) is 4.15. The van der Waals surface area contributed by atoms with Crippen molar-refractivity contribution in [1.29, 1.82) is 0 Å². The molecule has 17 heavy (non-hydrogen) atoms. The van der Waals surface area contributed by atoms with Crippen molar-refractivity contribution in [3.63, 3.8) is 0 Å². The molecule has 0 bridgehead atoms. The summed E-state index contributed by atoms with van der Waals surface area (Å²) in [5, 5.41) is 0. The Morgan fingerprint density at radius 3 is 2.41 bits per heavy atom. The van der Waals surface area contributed by atoms with Crippen LogP contribution in [0.15, 0.2) is 24.3 Å². The van der Waals surface area contributed by atoms with Gasteiger partial charge < -0.3 is 10.6 Å². The van der Waals surface area contributed by atoms with Gasteiger partial charge in [0.15, 0.2) is 0 Å². The molecule has 4 heteroatoms. The molecule has 0 fully saturated rings. The first kappa shape index (κ1) is 13.6. The lowest BCUT2D eigenvalue weighted by Gasteiger charge is -2.24. The molecule has 94 valence electrons. The van der Waals surface area contributed by atoms with E-state index < -0.39 is 0 Å². The molecule has 0 atom stereocenters. The Balaban J connectivity index is 2.72. The fraction of sp³-hybridized carbons (Fsp3) is 0.462. The minimum atomic E-state index is -0.269. The number of rotatable bonds is 5. The van der Waals surface area contributed by atoms with Gasteiger partial charge in [-0.2, -0.15) is 0 Å². The highest BCUT2D eigenvalue weighted by Gasteiger charge is 2.16. The van der Waals surface area contributed by atoms with Crippen LogP contribution in [0.1, 0.15) is 19.4 Å². The summed E-state index contributed by atoms with van der Waals surface area (Å²) >= 11 is 0. The van der Waals surface area contributed by atoms with Crippen molar-refractivity contribution in [2.24, 2.45) is 11.7 Å². The van der Waals surface area contributed by atoms with E-state index >= 15 is 0 Å². The number of nitrogens with two attached hydrogens (primary N) is 1. The van der Waals surface area contributed by atoms with Gasteiger partial charge in [-0.25, -0.2) is 4.39 Å². The molecule has 1 aromatic carbocycles. The Kier molecular flexibility index (Phi) is 5.10. The van der Waals surface area contributed by atoms with E-state index in [1.54, 1.807) is 17.0 Å². The van der Waals surface area contributed by atoms with E-state index in [1.807, 2.05) is 13.8 Å². The smallest absolute Gasteiger partial charge is 0.225 e. The second kappa shape index (κ2) is 6.35. The number of carbonyl (C=O) groups is 1. The lowest BCUT2D eigenvalue weighted by atomic mass is 10.1. The van der Waals surface area contributed by atoms with Crippen LogP contribution >= 0.6 is 0 Å². The SMILES string of the molecule is CC(C)C(=O)N(CCN)Cc1ccc(F)cc1. The Morgan fingerprint density at radius 1 is 1.35 bits per heavy atom. The largest absolute Gasteiger partial charge is 0.337 e. The maximum atomic E-state index is 12.8. The topological polar surface area (TPSA) is 46.3 Å². The minimum absolute atomic E-state index is 0.0537. The molecule has 0 heterocycles. The van der Waals surface area contributed by atoms with Gasteiger partial charge in [0.25, 0.3) is 0 Å². The quantitative estimate of drug-likeness (QED) is 0.849. The molecule has 0 spiro atoms. The molecule has 0 aliphatic heterocycles. The predicted octanol–water partition coefficient (Wildman–Crippen LogP) is 1.77. The summed E-state index contributed by atoms with van der Waals surface area (Å²) < 4.78 is 12.8. The molecule has 3 nitrogen and oxygen atoms in total. The van der Waals surface area contributed by atoms with Gasteiger partial charge in [-0.3, -0.25) is 4.79 Å². The number of halogens is 1. The second-order valence-electron chi connectivity index (χ2n) is 4.33. The number of hydrogen-bond donors (Lipinski definition) is 1. The minimum Gasteiger partial charge on any atom is -0.337 e. The van der Waals surface area contributed by atoms with Crippen molar-refractivity contribution < 1.29 is 9.18 Å². The first-order valence-corrected chi connectivity index (χ1v) is 5.78. The zero-order chi connectivity index (χ0) is 12.8. The molecule has 0 saturated carbocycles. The predicted molar refractivity (Wildman–Crippen MR) is 65.7 cm³/mol. The van der Waals surface area contributed by atoms with Crippen molar-refractivity contribution >= 4 is 5.91 Å². The summed E-state index contributed by atoms with van der Waals surface area (Å²) in [6.07, 6.45) is 0. The van der Waals surface area contributed by atoms with Crippen LogP contribution in [0, 0.1) is 11.7 Å². The lowest BCUT2D eigenvalue weighted by Crippen LogP contribution is -2.37. The normalized spacial score (nSPS) is 10.6.